The number of aliphatic carboxylic acids is 2. The number of carbonyl (C=O) groups excluding carboxylic acids is 2. The first kappa shape index (κ1) is 28.1. The Bertz CT molecular complexity index is 1140. The van der Waals surface area contributed by atoms with E-state index in [4.69, 9.17) is 0 Å². The van der Waals surface area contributed by atoms with Crippen LogP contribution in [0.4, 0.5) is 0 Å². The quantitative estimate of drug-likeness (QED) is 0.214. The second-order valence-electron chi connectivity index (χ2n) is 9.21. The summed E-state index contributed by atoms with van der Waals surface area (Å²) in [5.41, 5.74) is 3.26. The molecule has 2 aromatic rings. The summed E-state index contributed by atoms with van der Waals surface area (Å²) in [7, 11) is 0. The first-order chi connectivity index (χ1) is 16.6. The largest absolute Gasteiger partial charge is 1.00 e. The molecule has 1 aliphatic carbocycles. The van der Waals surface area contributed by atoms with E-state index in [-0.39, 0.29) is 29.6 Å². The smallest absolute Gasteiger partial charge is 0.480 e. The summed E-state index contributed by atoms with van der Waals surface area (Å²) in [6.07, 6.45) is 4.78. The van der Waals surface area contributed by atoms with Gasteiger partial charge in [0, 0.05) is 4.75 Å². The van der Waals surface area contributed by atoms with Crippen LogP contribution in [0, 0.1) is 6.42 Å². The molecule has 2 amide bonds. The van der Waals surface area contributed by atoms with Gasteiger partial charge in [-0.1, -0.05) is 49.2 Å². The topological polar surface area (TPSA) is 124 Å². The number of hydrogen-bond acceptors (Lipinski definition) is 5. The van der Waals surface area contributed by atoms with Crippen LogP contribution >= 0.6 is 11.8 Å². The molecule has 2 aliphatic heterocycles. The molecule has 3 N–H and O–H groups in total. The molecule has 0 spiro atoms. The number of aryl methyl sites for hydroxylation is 1. The fourth-order valence-corrected chi connectivity index (χ4v) is 6.40. The minimum Gasteiger partial charge on any atom is -0.480 e. The van der Waals surface area contributed by atoms with E-state index in [9.17, 15) is 29.4 Å². The number of carbonyl (C=O) groups is 4. The van der Waals surface area contributed by atoms with Crippen molar-refractivity contribution in [1.82, 2.24) is 10.2 Å². The SMILES string of the molecule is CC1(C)S[C@@H]2[C@H](NC(=O)C(C(=O)O)c3ccccc3)C(=O)N2[C@H]1C(=O)O.[Na+].c1ccc2c(c1)[CH-]CC2. The molecule has 3 aliphatic rings. The summed E-state index contributed by atoms with van der Waals surface area (Å²) in [5.74, 6) is -5.16. The third-order valence-electron chi connectivity index (χ3n) is 6.45. The van der Waals surface area contributed by atoms with Gasteiger partial charge in [0.25, 0.3) is 0 Å². The Morgan fingerprint density at radius 1 is 1.08 bits per heavy atom. The molecule has 2 heterocycles. The Kier molecular flexibility index (Phi) is 8.82. The summed E-state index contributed by atoms with van der Waals surface area (Å²) >= 11 is 1.29. The monoisotopic (exact) mass is 518 g/mol. The summed E-state index contributed by atoms with van der Waals surface area (Å²) < 4.78 is -0.711. The molecule has 5 rings (SSSR count). The van der Waals surface area contributed by atoms with Crippen molar-refractivity contribution >= 4 is 35.5 Å². The number of carboxylic acids is 2. The summed E-state index contributed by atoms with van der Waals surface area (Å²) in [5, 5.41) is 20.8. The maximum atomic E-state index is 12.5. The van der Waals surface area contributed by atoms with Gasteiger partial charge in [-0.25, -0.2) is 4.79 Å². The van der Waals surface area contributed by atoms with E-state index in [1.165, 1.54) is 52.8 Å². The number of carboxylic acid groups (broad SMARTS) is 2. The third-order valence-corrected chi connectivity index (χ3v) is 8.02. The number of nitrogens with one attached hydrogen (secondary N) is 1. The van der Waals surface area contributed by atoms with Gasteiger partial charge in [0.15, 0.2) is 5.92 Å². The molecule has 2 fully saturated rings. The van der Waals surface area contributed by atoms with Crippen LogP contribution in [-0.4, -0.2) is 61.1 Å². The number of rotatable bonds is 5. The summed E-state index contributed by atoms with van der Waals surface area (Å²) in [6, 6.07) is 14.7. The van der Waals surface area contributed by atoms with Crippen molar-refractivity contribution in [3.63, 3.8) is 0 Å². The van der Waals surface area contributed by atoms with Gasteiger partial charge < -0.3 is 20.4 Å². The van der Waals surface area contributed by atoms with Gasteiger partial charge in [-0.05, 0) is 19.4 Å². The molecule has 0 saturated carbocycles. The maximum Gasteiger partial charge on any atom is 1.00 e. The van der Waals surface area contributed by atoms with Gasteiger partial charge in [-0.2, -0.15) is 18.1 Å². The average Bonchev–Trinajstić information content (AvgIpc) is 3.39. The Labute approximate surface area is 236 Å². The van der Waals surface area contributed by atoms with Crippen LogP contribution in [0.2, 0.25) is 0 Å². The van der Waals surface area contributed by atoms with Crippen LogP contribution < -0.4 is 34.9 Å². The van der Waals surface area contributed by atoms with Crippen LogP contribution in [0.25, 0.3) is 0 Å². The van der Waals surface area contributed by atoms with E-state index >= 15 is 0 Å². The fourth-order valence-electron chi connectivity index (χ4n) is 4.78. The molecule has 0 aromatic heterocycles. The molecular formula is C26H27N2NaO6S. The molecule has 184 valence electrons. The Hall–Kier alpha value is -2.46. The second kappa shape index (κ2) is 11.3. The van der Waals surface area contributed by atoms with E-state index < -0.39 is 51.9 Å². The molecule has 36 heavy (non-hydrogen) atoms. The molecule has 2 aromatic carbocycles. The van der Waals surface area contributed by atoms with E-state index in [1.807, 2.05) is 0 Å². The molecular weight excluding hydrogens is 491 g/mol. The summed E-state index contributed by atoms with van der Waals surface area (Å²) in [4.78, 5) is 49.2. The van der Waals surface area contributed by atoms with Gasteiger partial charge in [0.2, 0.25) is 11.8 Å². The van der Waals surface area contributed by atoms with Crippen molar-refractivity contribution in [3.8, 4) is 0 Å². The predicted molar refractivity (Wildman–Crippen MR) is 131 cm³/mol. The Morgan fingerprint density at radius 3 is 2.33 bits per heavy atom. The number of nitrogens with zero attached hydrogens (tertiary/aromatic N) is 1. The Morgan fingerprint density at radius 2 is 1.72 bits per heavy atom. The Balaban J connectivity index is 0.000000301. The zero-order valence-corrected chi connectivity index (χ0v) is 23.2. The minimum absolute atomic E-state index is 0. The molecule has 10 heteroatoms. The fraction of sp³-hybridized carbons (Fsp3) is 0.346. The average molecular weight is 519 g/mol. The first-order valence-electron chi connectivity index (χ1n) is 11.3. The normalized spacial score (nSPS) is 23.3. The molecule has 2 saturated heterocycles. The van der Waals surface area contributed by atoms with Gasteiger partial charge in [-0.3, -0.25) is 14.4 Å². The van der Waals surface area contributed by atoms with Gasteiger partial charge in [-0.15, -0.1) is 29.5 Å². The molecule has 8 nitrogen and oxygen atoms in total. The summed E-state index contributed by atoms with van der Waals surface area (Å²) in [6.45, 7) is 3.45. The van der Waals surface area contributed by atoms with Crippen LogP contribution in [0.3, 0.4) is 0 Å². The number of hydrogen-bond donors (Lipinski definition) is 3. The van der Waals surface area contributed by atoms with Crippen molar-refractivity contribution in [3.05, 3.63) is 77.7 Å². The van der Waals surface area contributed by atoms with E-state index in [0.717, 1.165) is 0 Å². The van der Waals surface area contributed by atoms with Crippen molar-refractivity contribution in [2.24, 2.45) is 0 Å². The molecule has 0 bridgehead atoms. The van der Waals surface area contributed by atoms with Gasteiger partial charge in [0.05, 0.1) is 0 Å². The van der Waals surface area contributed by atoms with Gasteiger partial charge in [0.1, 0.15) is 17.5 Å². The number of benzene rings is 2. The predicted octanol–water partition coefficient (Wildman–Crippen LogP) is -0.324. The number of fused-ring (bicyclic) bond motifs is 2. The molecule has 0 radical (unpaired) electrons. The van der Waals surface area contributed by atoms with Crippen LogP contribution in [0.15, 0.2) is 54.6 Å². The van der Waals surface area contributed by atoms with E-state index in [0.29, 0.717) is 5.56 Å². The molecule has 1 unspecified atom stereocenters. The van der Waals surface area contributed by atoms with Crippen molar-refractivity contribution in [2.75, 3.05) is 0 Å². The van der Waals surface area contributed by atoms with Crippen LogP contribution in [0.5, 0.6) is 0 Å². The third kappa shape index (κ3) is 5.44. The maximum absolute atomic E-state index is 12.5. The van der Waals surface area contributed by atoms with Crippen LogP contribution in [0.1, 0.15) is 42.9 Å². The van der Waals surface area contributed by atoms with Gasteiger partial charge >= 0.3 is 41.5 Å². The number of β-lactam (4-membered cyclic amide) rings is 1. The minimum atomic E-state index is -1.44. The van der Waals surface area contributed by atoms with E-state index in [2.05, 4.69) is 36.0 Å². The van der Waals surface area contributed by atoms with Crippen molar-refractivity contribution < 1.29 is 58.9 Å². The standard InChI is InChI=1S/C17H18N2O6S.C9H9.Na/c1-17(2)11(16(24)25)19-13(21)10(14(19)26-17)18-12(20)9(15(22)23)8-6-4-3-5-7-8;1-2-5-9-7-3-6-8(9)4-1;/h3-7,9-11,14H,1-2H3,(H,18,20)(H,22,23)(H,24,25);1-2,4-6H,3,7H2;/q;-1;+1/t9?,10-,11+,14-;;/m1../s1. The number of amides is 2. The van der Waals surface area contributed by atoms with Crippen LogP contribution in [-0.2, 0) is 25.6 Å². The number of thioether (sulfide) groups is 1. The molecule has 4 atom stereocenters. The van der Waals surface area contributed by atoms with E-state index in [1.54, 1.807) is 32.0 Å². The zero-order valence-electron chi connectivity index (χ0n) is 20.4. The van der Waals surface area contributed by atoms with Crippen molar-refractivity contribution in [2.45, 2.75) is 54.8 Å². The van der Waals surface area contributed by atoms with Crippen molar-refractivity contribution in [1.29, 1.82) is 0 Å². The zero-order chi connectivity index (χ0) is 25.3. The first-order valence-corrected chi connectivity index (χ1v) is 12.2. The second-order valence-corrected chi connectivity index (χ2v) is 11.0.